The average Bonchev–Trinajstić information content (AvgIpc) is 2.27. The minimum atomic E-state index is 0.414. The van der Waals surface area contributed by atoms with E-state index < -0.39 is 0 Å². The monoisotopic (exact) mass is 241 g/mol. The highest BCUT2D eigenvalue weighted by molar-refractivity contribution is 5.34. The predicted molar refractivity (Wildman–Crippen MR) is 78.7 cm³/mol. The molecule has 1 aliphatic rings. The van der Waals surface area contributed by atoms with Crippen LogP contribution in [0.25, 0.3) is 0 Å². The van der Waals surface area contributed by atoms with Gasteiger partial charge in [0.2, 0.25) is 0 Å². The standard InChI is InChI=1S/C17H23N/c1-12(2)9-15-11-14-7-5-6-8-16(14)17(18-15)10-13(3)4/h5-8,15,17-18H,1,3,9-11H2,2,4H3/t15-,17+/m1/s1. The van der Waals surface area contributed by atoms with Gasteiger partial charge in [0.05, 0.1) is 0 Å². The Kier molecular flexibility index (Phi) is 4.03. The van der Waals surface area contributed by atoms with Crippen LogP contribution >= 0.6 is 0 Å². The van der Waals surface area contributed by atoms with Gasteiger partial charge in [0.1, 0.15) is 0 Å². The average molecular weight is 241 g/mol. The minimum Gasteiger partial charge on any atom is -0.306 e. The zero-order valence-corrected chi connectivity index (χ0v) is 11.5. The Morgan fingerprint density at radius 2 is 1.83 bits per heavy atom. The van der Waals surface area contributed by atoms with Crippen LogP contribution in [0.3, 0.4) is 0 Å². The molecule has 0 aliphatic carbocycles. The summed E-state index contributed by atoms with van der Waals surface area (Å²) in [6, 6.07) is 9.70. The molecule has 0 amide bonds. The van der Waals surface area contributed by atoms with E-state index in [1.807, 2.05) is 0 Å². The Labute approximate surface area is 111 Å². The van der Waals surface area contributed by atoms with Crippen molar-refractivity contribution in [2.75, 3.05) is 0 Å². The van der Waals surface area contributed by atoms with Crippen molar-refractivity contribution in [3.05, 3.63) is 59.7 Å². The highest BCUT2D eigenvalue weighted by Crippen LogP contribution is 2.30. The molecule has 1 nitrogen and oxygen atoms in total. The second kappa shape index (κ2) is 5.53. The molecule has 18 heavy (non-hydrogen) atoms. The van der Waals surface area contributed by atoms with E-state index in [2.05, 4.69) is 56.6 Å². The summed E-state index contributed by atoms with van der Waals surface area (Å²) in [7, 11) is 0. The summed E-state index contributed by atoms with van der Waals surface area (Å²) in [5.41, 5.74) is 5.41. The van der Waals surface area contributed by atoms with Crippen molar-refractivity contribution in [2.24, 2.45) is 0 Å². The van der Waals surface area contributed by atoms with Gasteiger partial charge in [-0.3, -0.25) is 0 Å². The number of rotatable bonds is 4. The second-order valence-electron chi connectivity index (χ2n) is 5.64. The van der Waals surface area contributed by atoms with Crippen LogP contribution in [-0.4, -0.2) is 6.04 Å². The van der Waals surface area contributed by atoms with Crippen LogP contribution in [0.1, 0.15) is 43.9 Å². The maximum Gasteiger partial charge on any atom is 0.0362 e. The quantitative estimate of drug-likeness (QED) is 0.780. The maximum atomic E-state index is 4.05. The Morgan fingerprint density at radius 3 is 2.50 bits per heavy atom. The number of benzene rings is 1. The summed E-state index contributed by atoms with van der Waals surface area (Å²) in [5.74, 6) is 0. The van der Waals surface area contributed by atoms with Gasteiger partial charge in [-0.05, 0) is 44.2 Å². The first-order valence-electron chi connectivity index (χ1n) is 6.69. The first-order chi connectivity index (χ1) is 8.56. The molecule has 1 aliphatic heterocycles. The van der Waals surface area contributed by atoms with E-state index in [-0.39, 0.29) is 0 Å². The largest absolute Gasteiger partial charge is 0.306 e. The van der Waals surface area contributed by atoms with Gasteiger partial charge in [0.25, 0.3) is 0 Å². The fourth-order valence-corrected chi connectivity index (χ4v) is 2.83. The van der Waals surface area contributed by atoms with Gasteiger partial charge in [-0.2, -0.15) is 0 Å². The molecule has 2 atom stereocenters. The van der Waals surface area contributed by atoms with E-state index in [1.165, 1.54) is 22.3 Å². The molecule has 96 valence electrons. The molecule has 0 bridgehead atoms. The van der Waals surface area contributed by atoms with Gasteiger partial charge < -0.3 is 5.32 Å². The third kappa shape index (κ3) is 3.11. The van der Waals surface area contributed by atoms with Crippen molar-refractivity contribution in [2.45, 2.75) is 45.2 Å². The van der Waals surface area contributed by atoms with Crippen molar-refractivity contribution in [3.63, 3.8) is 0 Å². The topological polar surface area (TPSA) is 12.0 Å². The normalized spacial score (nSPS) is 22.3. The molecule has 0 saturated carbocycles. The van der Waals surface area contributed by atoms with Crippen molar-refractivity contribution in [3.8, 4) is 0 Å². The molecule has 1 heteroatoms. The number of hydrogen-bond donors (Lipinski definition) is 1. The Hall–Kier alpha value is -1.34. The molecular formula is C17H23N. The summed E-state index contributed by atoms with van der Waals surface area (Å²) in [5, 5.41) is 3.75. The Morgan fingerprint density at radius 1 is 1.17 bits per heavy atom. The fraction of sp³-hybridized carbons (Fsp3) is 0.412. The smallest absolute Gasteiger partial charge is 0.0362 e. The van der Waals surface area contributed by atoms with Gasteiger partial charge in [0, 0.05) is 12.1 Å². The molecule has 1 heterocycles. The zero-order valence-electron chi connectivity index (χ0n) is 11.5. The lowest BCUT2D eigenvalue weighted by Gasteiger charge is -2.33. The molecule has 2 rings (SSSR count). The van der Waals surface area contributed by atoms with Crippen LogP contribution < -0.4 is 5.32 Å². The molecule has 1 N–H and O–H groups in total. The Bertz CT molecular complexity index is 458. The predicted octanol–water partition coefficient (Wildman–Crippen LogP) is 4.17. The summed E-state index contributed by atoms with van der Waals surface area (Å²) in [4.78, 5) is 0. The molecular weight excluding hydrogens is 218 g/mol. The van der Waals surface area contributed by atoms with Gasteiger partial charge in [-0.1, -0.05) is 35.4 Å². The summed E-state index contributed by atoms with van der Waals surface area (Å²) < 4.78 is 0. The van der Waals surface area contributed by atoms with Gasteiger partial charge in [-0.25, -0.2) is 0 Å². The SMILES string of the molecule is C=C(C)C[C@@H]1Cc2ccccc2[C@H](CC(=C)C)N1. The summed E-state index contributed by atoms with van der Waals surface area (Å²) in [6.07, 6.45) is 3.18. The van der Waals surface area contributed by atoms with E-state index in [9.17, 15) is 0 Å². The van der Waals surface area contributed by atoms with Crippen LogP contribution in [0.4, 0.5) is 0 Å². The molecule has 0 aromatic heterocycles. The second-order valence-corrected chi connectivity index (χ2v) is 5.64. The molecule has 0 radical (unpaired) electrons. The van der Waals surface area contributed by atoms with Crippen molar-refractivity contribution in [1.82, 2.24) is 5.32 Å². The molecule has 1 aromatic carbocycles. The molecule has 0 fully saturated rings. The van der Waals surface area contributed by atoms with Crippen LogP contribution in [0.5, 0.6) is 0 Å². The van der Waals surface area contributed by atoms with E-state index in [4.69, 9.17) is 0 Å². The summed E-state index contributed by atoms with van der Waals surface area (Å²) in [6.45, 7) is 12.3. The highest BCUT2D eigenvalue weighted by Gasteiger charge is 2.25. The van der Waals surface area contributed by atoms with Crippen molar-refractivity contribution >= 4 is 0 Å². The van der Waals surface area contributed by atoms with Gasteiger partial charge in [0.15, 0.2) is 0 Å². The lowest BCUT2D eigenvalue weighted by molar-refractivity contribution is 0.397. The molecule has 0 spiro atoms. The van der Waals surface area contributed by atoms with Crippen LogP contribution in [0.15, 0.2) is 48.6 Å². The first-order valence-corrected chi connectivity index (χ1v) is 6.69. The first kappa shape index (κ1) is 13.1. The van der Waals surface area contributed by atoms with Crippen molar-refractivity contribution in [1.29, 1.82) is 0 Å². The van der Waals surface area contributed by atoms with Crippen molar-refractivity contribution < 1.29 is 0 Å². The zero-order chi connectivity index (χ0) is 13.1. The maximum absolute atomic E-state index is 4.05. The summed E-state index contributed by atoms with van der Waals surface area (Å²) >= 11 is 0. The Balaban J connectivity index is 2.23. The van der Waals surface area contributed by atoms with Gasteiger partial charge in [-0.15, -0.1) is 13.2 Å². The third-order valence-electron chi connectivity index (χ3n) is 3.48. The number of fused-ring (bicyclic) bond motifs is 1. The minimum absolute atomic E-state index is 0.414. The number of nitrogens with one attached hydrogen (secondary N) is 1. The van der Waals surface area contributed by atoms with Crippen LogP contribution in [0.2, 0.25) is 0 Å². The highest BCUT2D eigenvalue weighted by atomic mass is 15.0. The lowest BCUT2D eigenvalue weighted by atomic mass is 9.86. The van der Waals surface area contributed by atoms with Gasteiger partial charge >= 0.3 is 0 Å². The molecule has 0 unspecified atom stereocenters. The van der Waals surface area contributed by atoms with E-state index >= 15 is 0 Å². The fourth-order valence-electron chi connectivity index (χ4n) is 2.83. The van der Waals surface area contributed by atoms with E-state index in [1.54, 1.807) is 0 Å². The number of hydrogen-bond acceptors (Lipinski definition) is 1. The third-order valence-corrected chi connectivity index (χ3v) is 3.48. The van der Waals surface area contributed by atoms with Crippen LogP contribution in [-0.2, 0) is 6.42 Å². The molecule has 0 saturated heterocycles. The van der Waals surface area contributed by atoms with E-state index in [0.29, 0.717) is 12.1 Å². The van der Waals surface area contributed by atoms with E-state index in [0.717, 1.165) is 19.3 Å². The molecule has 1 aromatic rings. The van der Waals surface area contributed by atoms with Crippen LogP contribution in [0, 0.1) is 0 Å². The lowest BCUT2D eigenvalue weighted by Crippen LogP contribution is -2.39.